The van der Waals surface area contributed by atoms with E-state index in [9.17, 15) is 0 Å². The maximum Gasteiger partial charge on any atom is 0.205 e. The number of pyridine rings is 1. The Labute approximate surface area is 420 Å². The van der Waals surface area contributed by atoms with Crippen molar-refractivity contribution in [2.75, 3.05) is 0 Å². The molecule has 0 saturated carbocycles. The van der Waals surface area contributed by atoms with Crippen molar-refractivity contribution < 1.29 is 25.6 Å². The molecule has 69 heavy (non-hydrogen) atoms. The minimum atomic E-state index is -0.807. The summed E-state index contributed by atoms with van der Waals surface area (Å²) in [6, 6.07) is 80.5. The van der Waals surface area contributed by atoms with E-state index in [0.717, 1.165) is 33.6 Å². The molecule has 2 heterocycles. The van der Waals surface area contributed by atoms with Crippen molar-refractivity contribution in [3.05, 3.63) is 298 Å². The van der Waals surface area contributed by atoms with Crippen molar-refractivity contribution in [2.45, 2.75) is 49.5 Å². The van der Waals surface area contributed by atoms with E-state index in [1.165, 1.54) is 72.3 Å². The first kappa shape index (κ1) is 43.1. The maximum absolute atomic E-state index is 5.36. The standard InChI is InChI=1S/C65H49N3.Pt/c1-43-41-68(42-67(43)5)65(59-34-16-10-28-53(59)54-29-11-17-35-60(54)65)48-23-19-21-46(39-48)63(55-30-12-6-24-49(55)50-25-7-13-31-56(50)63)45-20-18-22-47(38-45)64(61-40-44(36-37-66-61)62(2,3)4)57-32-14-8-26-51(57)52-27-9-15-33-58(52)64;/h6-37,40-41H,1-5H3;/q-2;. The molecule has 4 heteroatoms. The van der Waals surface area contributed by atoms with E-state index in [1.54, 1.807) is 0 Å². The summed E-state index contributed by atoms with van der Waals surface area (Å²) in [5.41, 5.74) is 19.8. The Hall–Kier alpha value is -7.19. The van der Waals surface area contributed by atoms with E-state index in [-0.39, 0.29) is 26.5 Å². The molecule has 0 fully saturated rings. The van der Waals surface area contributed by atoms with Crippen LogP contribution in [0.15, 0.2) is 207 Å². The van der Waals surface area contributed by atoms with Gasteiger partial charge in [0.15, 0.2) is 0 Å². The number of aryl methyl sites for hydroxylation is 2. The third-order valence-corrected chi connectivity index (χ3v) is 15.5. The normalized spacial score (nSPS) is 15.0. The van der Waals surface area contributed by atoms with Crippen molar-refractivity contribution in [2.24, 2.45) is 7.05 Å². The van der Waals surface area contributed by atoms with Crippen LogP contribution in [0, 0.1) is 25.4 Å². The topological polar surface area (TPSA) is 21.7 Å². The minimum Gasteiger partial charge on any atom is -0.351 e. The molecule has 3 aliphatic rings. The smallest absolute Gasteiger partial charge is 0.205 e. The number of fused-ring (bicyclic) bond motifs is 9. The molecule has 8 aromatic carbocycles. The molecule has 0 aliphatic heterocycles. The second-order valence-corrected chi connectivity index (χ2v) is 19.9. The van der Waals surface area contributed by atoms with Gasteiger partial charge in [-0.25, -0.2) is 0 Å². The third kappa shape index (κ3) is 5.78. The second-order valence-electron chi connectivity index (χ2n) is 19.9. The van der Waals surface area contributed by atoms with Gasteiger partial charge in [0.05, 0.1) is 18.2 Å². The summed E-state index contributed by atoms with van der Waals surface area (Å²) in [6.45, 7) is 9.01. The number of hydrogen-bond donors (Lipinski definition) is 0. The summed E-state index contributed by atoms with van der Waals surface area (Å²) in [4.78, 5) is 5.36. The molecule has 0 radical (unpaired) electrons. The number of aromatic nitrogens is 3. The largest absolute Gasteiger partial charge is 0.351 e. The maximum atomic E-state index is 5.36. The van der Waals surface area contributed by atoms with Gasteiger partial charge in [-0.2, -0.15) is 48.5 Å². The van der Waals surface area contributed by atoms with Crippen LogP contribution in [0.1, 0.15) is 93.4 Å². The van der Waals surface area contributed by atoms with Crippen LogP contribution < -0.4 is 4.57 Å². The van der Waals surface area contributed by atoms with Crippen molar-refractivity contribution in [3.8, 4) is 33.4 Å². The van der Waals surface area contributed by atoms with Gasteiger partial charge in [-0.05, 0) is 90.6 Å². The van der Waals surface area contributed by atoms with E-state index in [0.29, 0.717) is 0 Å². The predicted molar refractivity (Wildman–Crippen MR) is 272 cm³/mol. The van der Waals surface area contributed by atoms with E-state index in [2.05, 4.69) is 263 Å². The van der Waals surface area contributed by atoms with Crippen molar-refractivity contribution >= 4 is 0 Å². The molecule has 0 amide bonds. The van der Waals surface area contributed by atoms with Gasteiger partial charge in [0, 0.05) is 43.8 Å². The van der Waals surface area contributed by atoms with Gasteiger partial charge >= 0.3 is 0 Å². The molecule has 10 aromatic rings. The van der Waals surface area contributed by atoms with Gasteiger partial charge < -0.3 is 9.13 Å². The second kappa shape index (κ2) is 15.7. The number of rotatable bonds is 6. The Morgan fingerprint density at radius 3 is 1.28 bits per heavy atom. The fourth-order valence-corrected chi connectivity index (χ4v) is 12.4. The molecule has 0 atom stereocenters. The summed E-state index contributed by atoms with van der Waals surface area (Å²) in [5, 5.41) is 0. The quantitative estimate of drug-likeness (QED) is 0.120. The van der Waals surface area contributed by atoms with Crippen molar-refractivity contribution in [3.63, 3.8) is 0 Å². The Kier molecular flexibility index (Phi) is 9.79. The fraction of sp³-hybridized carbons (Fsp3) is 0.138. The van der Waals surface area contributed by atoms with Gasteiger partial charge in [0.2, 0.25) is 6.33 Å². The molecule has 3 aliphatic carbocycles. The van der Waals surface area contributed by atoms with Crippen LogP contribution in [-0.4, -0.2) is 9.55 Å². The van der Waals surface area contributed by atoms with Gasteiger partial charge in [0.25, 0.3) is 0 Å². The molecule has 0 bridgehead atoms. The van der Waals surface area contributed by atoms with E-state index in [4.69, 9.17) is 4.98 Å². The van der Waals surface area contributed by atoms with E-state index >= 15 is 0 Å². The van der Waals surface area contributed by atoms with Gasteiger partial charge in [-0.3, -0.25) is 4.98 Å². The molecule has 13 rings (SSSR count). The van der Waals surface area contributed by atoms with E-state index in [1.807, 2.05) is 6.20 Å². The molecule has 336 valence electrons. The van der Waals surface area contributed by atoms with Crippen LogP contribution in [0.2, 0.25) is 0 Å². The zero-order valence-corrected chi connectivity index (χ0v) is 41.6. The average Bonchev–Trinajstić information content (AvgIpc) is 4.08. The van der Waals surface area contributed by atoms with Crippen LogP contribution in [-0.2, 0) is 49.9 Å². The molecular formula is C65H49N3Pt-2. The van der Waals surface area contributed by atoms with Gasteiger partial charge in [-0.1, -0.05) is 173 Å². The first-order valence-electron chi connectivity index (χ1n) is 23.8. The fourth-order valence-electron chi connectivity index (χ4n) is 12.4. The van der Waals surface area contributed by atoms with Gasteiger partial charge in [0.1, 0.15) is 5.54 Å². The molecule has 0 spiro atoms. The Morgan fingerprint density at radius 1 is 0.464 bits per heavy atom. The van der Waals surface area contributed by atoms with Gasteiger partial charge in [-0.15, -0.1) is 22.3 Å². The van der Waals surface area contributed by atoms with Crippen molar-refractivity contribution in [1.29, 1.82) is 0 Å². The first-order valence-corrected chi connectivity index (χ1v) is 23.8. The molecule has 0 saturated heterocycles. The van der Waals surface area contributed by atoms with Crippen LogP contribution in [0.4, 0.5) is 0 Å². The minimum absolute atomic E-state index is 0. The Morgan fingerprint density at radius 2 is 0.841 bits per heavy atom. The number of hydrogen-bond acceptors (Lipinski definition) is 1. The summed E-state index contributed by atoms with van der Waals surface area (Å²) >= 11 is 0. The Balaban J connectivity index is 0.00000492. The predicted octanol–water partition coefficient (Wildman–Crippen LogP) is 13.3. The van der Waals surface area contributed by atoms with Crippen LogP contribution in [0.25, 0.3) is 33.4 Å². The van der Waals surface area contributed by atoms with Crippen molar-refractivity contribution in [1.82, 2.24) is 9.55 Å². The zero-order valence-electron chi connectivity index (χ0n) is 39.3. The molecule has 2 aromatic heterocycles. The SMILES string of the molecule is Cc1cn(C2(c3[c-]c(C4(c5[c-]c(C6(c7cc(C(C)(C)C)ccn7)c7ccccc7-c7ccccc76)ccc5)c5ccccc5-c5ccccc54)ccc3)c3ccccc3-c3ccccc32)[c-][n+]1C.[Pt]. The Bertz CT molecular complexity index is 3520. The number of imidazole rings is 1. The number of benzene rings is 8. The summed E-state index contributed by atoms with van der Waals surface area (Å²) in [7, 11) is 2.08. The average molecular weight is 1070 g/mol. The summed E-state index contributed by atoms with van der Waals surface area (Å²) in [5.74, 6) is 0. The molecule has 3 nitrogen and oxygen atoms in total. The summed E-state index contributed by atoms with van der Waals surface area (Å²) in [6.07, 6.45) is 8.01. The monoisotopic (exact) mass is 1070 g/mol. The third-order valence-electron chi connectivity index (χ3n) is 15.5. The van der Waals surface area contributed by atoms with Crippen LogP contribution in [0.5, 0.6) is 0 Å². The summed E-state index contributed by atoms with van der Waals surface area (Å²) < 4.78 is 4.40. The molecule has 0 unspecified atom stereocenters. The van der Waals surface area contributed by atoms with E-state index < -0.39 is 16.4 Å². The first-order chi connectivity index (χ1) is 33.2. The molecular weight excluding hydrogens is 1020 g/mol. The van der Waals surface area contributed by atoms with Crippen LogP contribution >= 0.6 is 0 Å². The van der Waals surface area contributed by atoms with Crippen LogP contribution in [0.3, 0.4) is 0 Å². The zero-order chi connectivity index (χ0) is 46.0. The number of nitrogens with zero attached hydrogens (tertiary/aromatic N) is 3. The molecule has 0 N–H and O–H groups in total.